The highest BCUT2D eigenvalue weighted by Gasteiger charge is 2.14. The fourth-order valence-electron chi connectivity index (χ4n) is 2.45. The van der Waals surface area contributed by atoms with Crippen LogP contribution in [0.2, 0.25) is 0 Å². The minimum Gasteiger partial charge on any atom is -0.388 e. The lowest BCUT2D eigenvalue weighted by Crippen LogP contribution is -2.19. The van der Waals surface area contributed by atoms with Gasteiger partial charge < -0.3 is 5.11 Å². The van der Waals surface area contributed by atoms with Crippen molar-refractivity contribution in [3.63, 3.8) is 0 Å². The molecule has 4 nitrogen and oxygen atoms in total. The van der Waals surface area contributed by atoms with Crippen LogP contribution in [0.15, 0.2) is 16.9 Å². The van der Waals surface area contributed by atoms with Crippen LogP contribution in [0.1, 0.15) is 37.0 Å². The van der Waals surface area contributed by atoms with Gasteiger partial charge in [-0.3, -0.25) is 9.13 Å². The number of aryl methyl sites for hydroxylation is 3. The second kappa shape index (κ2) is 4.61. The van der Waals surface area contributed by atoms with Crippen LogP contribution in [0.3, 0.4) is 0 Å². The molecule has 2 rings (SSSR count). The van der Waals surface area contributed by atoms with Crippen molar-refractivity contribution in [3.8, 4) is 0 Å². The molecule has 0 fully saturated rings. The van der Waals surface area contributed by atoms with E-state index in [2.05, 4.69) is 6.92 Å². The van der Waals surface area contributed by atoms with Crippen LogP contribution >= 0.6 is 0 Å². The number of fused-ring (bicyclic) bond motifs is 1. The van der Waals surface area contributed by atoms with Gasteiger partial charge in [0.05, 0.1) is 17.1 Å². The summed E-state index contributed by atoms with van der Waals surface area (Å²) in [6.45, 7) is 4.03. The maximum absolute atomic E-state index is 11.9. The molecule has 0 aliphatic rings. The molecule has 0 bridgehead atoms. The Bertz CT molecular complexity index is 637. The number of imidazole rings is 1. The van der Waals surface area contributed by atoms with E-state index in [0.29, 0.717) is 0 Å². The van der Waals surface area contributed by atoms with E-state index in [4.69, 9.17) is 0 Å². The number of aliphatic hydroxyl groups excluding tert-OH is 1. The summed E-state index contributed by atoms with van der Waals surface area (Å²) in [7, 11) is 3.53. The molecule has 18 heavy (non-hydrogen) atoms. The number of benzene rings is 1. The molecule has 0 spiro atoms. The smallest absolute Gasteiger partial charge is 0.328 e. The summed E-state index contributed by atoms with van der Waals surface area (Å²) < 4.78 is 3.26. The van der Waals surface area contributed by atoms with Gasteiger partial charge in [-0.1, -0.05) is 13.3 Å². The lowest BCUT2D eigenvalue weighted by Gasteiger charge is -2.13. The second-order valence-electron chi connectivity index (χ2n) is 4.90. The molecule has 98 valence electrons. The minimum absolute atomic E-state index is 0.0356. The number of hydrogen-bond acceptors (Lipinski definition) is 2. The zero-order valence-electron chi connectivity index (χ0n) is 11.4. The van der Waals surface area contributed by atoms with E-state index in [9.17, 15) is 9.90 Å². The predicted molar refractivity (Wildman–Crippen MR) is 72.8 cm³/mol. The van der Waals surface area contributed by atoms with Crippen LogP contribution in [0.5, 0.6) is 0 Å². The summed E-state index contributed by atoms with van der Waals surface area (Å²) in [6, 6.07) is 3.91. The Morgan fingerprint density at radius 1 is 1.22 bits per heavy atom. The molecule has 2 aromatic rings. The van der Waals surface area contributed by atoms with Crippen molar-refractivity contribution in [2.24, 2.45) is 14.1 Å². The zero-order valence-corrected chi connectivity index (χ0v) is 11.4. The number of nitrogens with zero attached hydrogens (tertiary/aromatic N) is 2. The third-order valence-electron chi connectivity index (χ3n) is 3.58. The summed E-state index contributed by atoms with van der Waals surface area (Å²) in [5.74, 6) is 0. The molecule has 0 saturated heterocycles. The Kier molecular flexibility index (Phi) is 3.30. The Morgan fingerprint density at radius 3 is 2.33 bits per heavy atom. The van der Waals surface area contributed by atoms with Crippen molar-refractivity contribution < 1.29 is 5.11 Å². The van der Waals surface area contributed by atoms with Crippen molar-refractivity contribution >= 4 is 11.0 Å². The fourth-order valence-corrected chi connectivity index (χ4v) is 2.45. The molecule has 0 amide bonds. The predicted octanol–water partition coefficient (Wildman–Crippen LogP) is 2.02. The summed E-state index contributed by atoms with van der Waals surface area (Å²) in [4.78, 5) is 11.9. The average Bonchev–Trinajstić information content (AvgIpc) is 2.54. The third kappa shape index (κ3) is 1.86. The molecule has 0 aliphatic heterocycles. The molecular formula is C14H20N2O2. The van der Waals surface area contributed by atoms with Crippen LogP contribution in [-0.2, 0) is 14.1 Å². The van der Waals surface area contributed by atoms with Gasteiger partial charge in [-0.15, -0.1) is 0 Å². The molecule has 1 N–H and O–H groups in total. The lowest BCUT2D eigenvalue weighted by molar-refractivity contribution is 0.166. The van der Waals surface area contributed by atoms with Crippen LogP contribution in [0.25, 0.3) is 11.0 Å². The van der Waals surface area contributed by atoms with Crippen molar-refractivity contribution in [1.82, 2.24) is 9.13 Å². The van der Waals surface area contributed by atoms with E-state index in [1.54, 1.807) is 23.2 Å². The van der Waals surface area contributed by atoms with Crippen LogP contribution < -0.4 is 5.69 Å². The molecule has 0 radical (unpaired) electrons. The first-order valence-corrected chi connectivity index (χ1v) is 6.31. The van der Waals surface area contributed by atoms with Gasteiger partial charge in [-0.25, -0.2) is 4.79 Å². The summed E-state index contributed by atoms with van der Waals surface area (Å²) in [5, 5.41) is 10.1. The minimum atomic E-state index is -0.449. The number of hydrogen-bond donors (Lipinski definition) is 1. The molecule has 1 heterocycles. The standard InChI is InChI=1S/C14H20N2O2/c1-5-6-13(17)10-8-12-11(7-9(10)2)15(3)14(18)16(12)4/h7-8,13,17H,5-6H2,1-4H3. The zero-order chi connectivity index (χ0) is 13.4. The summed E-state index contributed by atoms with van der Waals surface area (Å²) >= 11 is 0. The van der Waals surface area contributed by atoms with Gasteiger partial charge >= 0.3 is 5.69 Å². The van der Waals surface area contributed by atoms with E-state index in [-0.39, 0.29) is 5.69 Å². The van der Waals surface area contributed by atoms with Crippen LogP contribution in [0, 0.1) is 6.92 Å². The van der Waals surface area contributed by atoms with Crippen molar-refractivity contribution in [1.29, 1.82) is 0 Å². The van der Waals surface area contributed by atoms with E-state index in [0.717, 1.165) is 35.0 Å². The molecule has 4 heteroatoms. The SMILES string of the molecule is CCCC(O)c1cc2c(cc1C)n(C)c(=O)n2C. The maximum Gasteiger partial charge on any atom is 0.328 e. The Morgan fingerprint density at radius 2 is 1.78 bits per heavy atom. The normalized spacial score (nSPS) is 13.2. The number of aromatic nitrogens is 2. The first-order chi connectivity index (χ1) is 8.47. The molecule has 1 aromatic heterocycles. The van der Waals surface area contributed by atoms with Gasteiger partial charge in [0.2, 0.25) is 0 Å². The van der Waals surface area contributed by atoms with Crippen LogP contribution in [-0.4, -0.2) is 14.2 Å². The fraction of sp³-hybridized carbons (Fsp3) is 0.500. The van der Waals surface area contributed by atoms with Gasteiger partial charge in [-0.2, -0.15) is 0 Å². The second-order valence-corrected chi connectivity index (χ2v) is 4.90. The van der Waals surface area contributed by atoms with Crippen molar-refractivity contribution in [2.75, 3.05) is 0 Å². The highest BCUT2D eigenvalue weighted by atomic mass is 16.3. The molecule has 1 unspecified atom stereocenters. The quantitative estimate of drug-likeness (QED) is 0.903. The van der Waals surface area contributed by atoms with Gasteiger partial charge in [0.25, 0.3) is 0 Å². The Balaban J connectivity index is 2.68. The van der Waals surface area contributed by atoms with Gasteiger partial charge in [0.1, 0.15) is 0 Å². The van der Waals surface area contributed by atoms with Crippen molar-refractivity contribution in [2.45, 2.75) is 32.8 Å². The largest absolute Gasteiger partial charge is 0.388 e. The van der Waals surface area contributed by atoms with E-state index >= 15 is 0 Å². The Hall–Kier alpha value is -1.55. The molecule has 0 aliphatic carbocycles. The number of aliphatic hydroxyl groups is 1. The van der Waals surface area contributed by atoms with E-state index in [1.807, 2.05) is 19.1 Å². The van der Waals surface area contributed by atoms with Gasteiger partial charge in [0, 0.05) is 14.1 Å². The average molecular weight is 248 g/mol. The molecule has 0 saturated carbocycles. The molecular weight excluding hydrogens is 228 g/mol. The highest BCUT2D eigenvalue weighted by molar-refractivity contribution is 5.78. The van der Waals surface area contributed by atoms with Gasteiger partial charge in [-0.05, 0) is 36.6 Å². The van der Waals surface area contributed by atoms with E-state index in [1.165, 1.54) is 0 Å². The van der Waals surface area contributed by atoms with Gasteiger partial charge in [0.15, 0.2) is 0 Å². The third-order valence-corrected chi connectivity index (χ3v) is 3.58. The first-order valence-electron chi connectivity index (χ1n) is 6.31. The lowest BCUT2D eigenvalue weighted by atomic mass is 9.99. The topological polar surface area (TPSA) is 47.2 Å². The van der Waals surface area contributed by atoms with Crippen LogP contribution in [0.4, 0.5) is 0 Å². The summed E-state index contributed by atoms with van der Waals surface area (Å²) in [6.07, 6.45) is 1.23. The highest BCUT2D eigenvalue weighted by Crippen LogP contribution is 2.26. The monoisotopic (exact) mass is 248 g/mol. The molecule has 1 atom stereocenters. The maximum atomic E-state index is 11.9. The Labute approximate surface area is 106 Å². The molecule has 1 aromatic carbocycles. The van der Waals surface area contributed by atoms with Crippen molar-refractivity contribution in [3.05, 3.63) is 33.7 Å². The van der Waals surface area contributed by atoms with E-state index < -0.39 is 6.10 Å². The number of rotatable bonds is 3. The first kappa shape index (κ1) is 12.9. The summed E-state index contributed by atoms with van der Waals surface area (Å²) in [5.41, 5.74) is 3.70.